The van der Waals surface area contributed by atoms with E-state index in [1.165, 1.54) is 16.9 Å². The third-order valence-electron chi connectivity index (χ3n) is 4.73. The Bertz CT molecular complexity index is 1330. The predicted octanol–water partition coefficient (Wildman–Crippen LogP) is 4.78. The Hall–Kier alpha value is -3.85. The molecule has 0 aliphatic rings. The van der Waals surface area contributed by atoms with Crippen LogP contribution in [0.25, 0.3) is 16.7 Å². The van der Waals surface area contributed by atoms with Gasteiger partial charge in [0.2, 0.25) is 0 Å². The maximum Gasteiger partial charge on any atom is 0.257 e. The molecule has 33 heavy (non-hydrogen) atoms. The first-order chi connectivity index (χ1) is 15.8. The predicted molar refractivity (Wildman–Crippen MR) is 129 cm³/mol. The molecule has 0 saturated carbocycles. The minimum atomic E-state index is -0.345. The van der Waals surface area contributed by atoms with Crippen molar-refractivity contribution in [2.75, 3.05) is 5.32 Å². The van der Waals surface area contributed by atoms with E-state index >= 15 is 0 Å². The molecule has 0 aliphatic carbocycles. The highest BCUT2D eigenvalue weighted by Gasteiger charge is 2.13. The average Bonchev–Trinajstić information content (AvgIpc) is 3.16. The van der Waals surface area contributed by atoms with E-state index < -0.39 is 0 Å². The number of halogens is 1. The van der Waals surface area contributed by atoms with Crippen molar-refractivity contribution >= 4 is 40.0 Å². The van der Waals surface area contributed by atoms with Crippen LogP contribution in [0.1, 0.15) is 29.8 Å². The highest BCUT2D eigenvalue weighted by Crippen LogP contribution is 2.22. The lowest BCUT2D eigenvalue weighted by Gasteiger charge is -2.13. The van der Waals surface area contributed by atoms with Crippen molar-refractivity contribution < 1.29 is 13.9 Å². The smallest absolute Gasteiger partial charge is 0.257 e. The van der Waals surface area contributed by atoms with E-state index in [1.807, 2.05) is 26.8 Å². The van der Waals surface area contributed by atoms with Gasteiger partial charge in [0, 0.05) is 11.3 Å². The Labute approximate surface area is 195 Å². The van der Waals surface area contributed by atoms with Gasteiger partial charge < -0.3 is 10.1 Å². The molecule has 0 spiro atoms. The number of nitrogens with zero attached hydrogens (tertiary/aromatic N) is 3. The molecule has 0 bridgehead atoms. The number of thiocarbonyl (C=S) groups is 1. The second-order valence-electron chi connectivity index (χ2n) is 7.72. The number of benzene rings is 3. The number of aryl methyl sites for hydroxylation is 1. The molecule has 7 nitrogen and oxygen atoms in total. The van der Waals surface area contributed by atoms with Crippen LogP contribution < -0.4 is 15.4 Å². The monoisotopic (exact) mass is 463 g/mol. The van der Waals surface area contributed by atoms with Gasteiger partial charge in [-0.15, -0.1) is 10.2 Å². The molecule has 3 aromatic carbocycles. The second kappa shape index (κ2) is 9.33. The molecule has 0 aliphatic heterocycles. The summed E-state index contributed by atoms with van der Waals surface area (Å²) in [4.78, 5) is 14.1. The average molecular weight is 464 g/mol. The second-order valence-corrected chi connectivity index (χ2v) is 8.13. The molecule has 0 saturated heterocycles. The molecule has 1 heterocycles. The van der Waals surface area contributed by atoms with E-state index in [2.05, 4.69) is 20.8 Å². The van der Waals surface area contributed by atoms with E-state index in [0.717, 1.165) is 5.56 Å². The lowest BCUT2D eigenvalue weighted by Crippen LogP contribution is -2.34. The highest BCUT2D eigenvalue weighted by atomic mass is 32.1. The molecule has 2 N–H and O–H groups in total. The van der Waals surface area contributed by atoms with Gasteiger partial charge in [-0.05, 0) is 93.1 Å². The van der Waals surface area contributed by atoms with E-state index in [0.29, 0.717) is 33.7 Å². The minimum Gasteiger partial charge on any atom is -0.491 e. The number of aromatic nitrogens is 3. The summed E-state index contributed by atoms with van der Waals surface area (Å²) < 4.78 is 18.8. The van der Waals surface area contributed by atoms with Gasteiger partial charge in [0.05, 0.1) is 11.8 Å². The van der Waals surface area contributed by atoms with E-state index in [-0.39, 0.29) is 22.9 Å². The zero-order valence-corrected chi connectivity index (χ0v) is 19.1. The van der Waals surface area contributed by atoms with Gasteiger partial charge in [0.1, 0.15) is 22.6 Å². The molecule has 4 aromatic rings. The molecule has 4 rings (SSSR count). The summed E-state index contributed by atoms with van der Waals surface area (Å²) in [5.41, 5.74) is 3.95. The normalized spacial score (nSPS) is 10.9. The molecule has 168 valence electrons. The van der Waals surface area contributed by atoms with E-state index in [4.69, 9.17) is 17.0 Å². The number of rotatable bonds is 5. The summed E-state index contributed by atoms with van der Waals surface area (Å²) in [5.74, 6) is -0.0581. The summed E-state index contributed by atoms with van der Waals surface area (Å²) >= 11 is 5.34. The van der Waals surface area contributed by atoms with Crippen LogP contribution in [0.2, 0.25) is 0 Å². The fraction of sp³-hybridized carbons (Fsp3) is 0.167. The van der Waals surface area contributed by atoms with Crippen LogP contribution in [0.4, 0.5) is 10.1 Å². The summed E-state index contributed by atoms with van der Waals surface area (Å²) in [6, 6.07) is 16.5. The SMILES string of the molecule is Cc1cc2nn(-c3ccc(F)cc3)nc2cc1NC(=S)NC(=O)c1cccc(OC(C)C)c1. The molecule has 1 aromatic heterocycles. The fourth-order valence-corrected chi connectivity index (χ4v) is 3.41. The molecule has 0 radical (unpaired) electrons. The maximum absolute atomic E-state index is 13.2. The van der Waals surface area contributed by atoms with Gasteiger partial charge in [-0.1, -0.05) is 6.07 Å². The van der Waals surface area contributed by atoms with Crippen LogP contribution >= 0.6 is 12.2 Å². The van der Waals surface area contributed by atoms with Crippen LogP contribution in [0.3, 0.4) is 0 Å². The first-order valence-electron chi connectivity index (χ1n) is 10.3. The number of hydrogen-bond donors (Lipinski definition) is 2. The molecule has 1 amide bonds. The topological polar surface area (TPSA) is 81.1 Å². The Morgan fingerprint density at radius 2 is 1.76 bits per heavy atom. The highest BCUT2D eigenvalue weighted by molar-refractivity contribution is 7.80. The van der Waals surface area contributed by atoms with E-state index in [1.54, 1.807) is 42.5 Å². The van der Waals surface area contributed by atoms with Crippen molar-refractivity contribution in [2.24, 2.45) is 0 Å². The molecule has 9 heteroatoms. The van der Waals surface area contributed by atoms with Gasteiger partial charge in [0.25, 0.3) is 5.91 Å². The standard InChI is InChI=1S/C24H22FN5O2S/c1-14(2)32-19-6-4-5-16(12-19)23(31)27-24(33)26-20-13-22-21(11-15(20)3)28-30(29-22)18-9-7-17(25)8-10-18/h4-14H,1-3H3,(H2,26,27,31,33). The maximum atomic E-state index is 13.2. The zero-order chi connectivity index (χ0) is 23.5. The van der Waals surface area contributed by atoms with Crippen molar-refractivity contribution in [3.63, 3.8) is 0 Å². The van der Waals surface area contributed by atoms with Gasteiger partial charge >= 0.3 is 0 Å². The Morgan fingerprint density at radius 3 is 2.45 bits per heavy atom. The van der Waals surface area contributed by atoms with Crippen molar-refractivity contribution in [1.82, 2.24) is 20.3 Å². The van der Waals surface area contributed by atoms with Crippen LogP contribution in [-0.4, -0.2) is 32.1 Å². The number of amides is 1. The molecule has 0 fully saturated rings. The van der Waals surface area contributed by atoms with Crippen molar-refractivity contribution in [1.29, 1.82) is 0 Å². The Balaban J connectivity index is 1.49. The molecule has 0 atom stereocenters. The largest absolute Gasteiger partial charge is 0.491 e. The first kappa shape index (κ1) is 22.3. The zero-order valence-electron chi connectivity index (χ0n) is 18.3. The van der Waals surface area contributed by atoms with Crippen molar-refractivity contribution in [2.45, 2.75) is 26.9 Å². The van der Waals surface area contributed by atoms with E-state index in [9.17, 15) is 9.18 Å². The van der Waals surface area contributed by atoms with Crippen LogP contribution in [0.5, 0.6) is 5.75 Å². The number of fused-ring (bicyclic) bond motifs is 1. The number of carbonyl (C=O) groups is 1. The Kier molecular flexibility index (Phi) is 6.32. The third kappa shape index (κ3) is 5.32. The van der Waals surface area contributed by atoms with Gasteiger partial charge in [0.15, 0.2) is 5.11 Å². The number of carbonyl (C=O) groups excluding carboxylic acids is 1. The first-order valence-corrected chi connectivity index (χ1v) is 10.7. The molecule has 0 unspecified atom stereocenters. The third-order valence-corrected chi connectivity index (χ3v) is 4.93. The summed E-state index contributed by atoms with van der Waals surface area (Å²) in [5, 5.41) is 14.8. The van der Waals surface area contributed by atoms with Crippen molar-refractivity contribution in [3.8, 4) is 11.4 Å². The number of nitrogens with one attached hydrogen (secondary N) is 2. The Morgan fingerprint density at radius 1 is 1.06 bits per heavy atom. The quantitative estimate of drug-likeness (QED) is 0.415. The van der Waals surface area contributed by atoms with Crippen LogP contribution in [-0.2, 0) is 0 Å². The molecular formula is C24H22FN5O2S. The molecular weight excluding hydrogens is 441 g/mol. The fourth-order valence-electron chi connectivity index (χ4n) is 3.20. The van der Waals surface area contributed by atoms with Crippen LogP contribution in [0.15, 0.2) is 60.7 Å². The summed E-state index contributed by atoms with van der Waals surface area (Å²) in [6.07, 6.45) is 0.00460. The van der Waals surface area contributed by atoms with Gasteiger partial charge in [-0.25, -0.2) is 4.39 Å². The summed E-state index contributed by atoms with van der Waals surface area (Å²) in [6.45, 7) is 5.74. The van der Waals surface area contributed by atoms with Gasteiger partial charge in [-0.2, -0.15) is 4.80 Å². The van der Waals surface area contributed by atoms with Crippen LogP contribution in [0, 0.1) is 12.7 Å². The lowest BCUT2D eigenvalue weighted by atomic mass is 10.2. The number of anilines is 1. The van der Waals surface area contributed by atoms with Crippen molar-refractivity contribution in [3.05, 3.63) is 77.6 Å². The van der Waals surface area contributed by atoms with Gasteiger partial charge in [-0.3, -0.25) is 10.1 Å². The minimum absolute atomic E-state index is 0.00460. The number of ether oxygens (including phenoxy) is 1. The lowest BCUT2D eigenvalue weighted by molar-refractivity contribution is 0.0977. The summed E-state index contributed by atoms with van der Waals surface area (Å²) in [7, 11) is 0. The number of hydrogen-bond acceptors (Lipinski definition) is 5.